The number of aromatic nitrogens is 1. The molecule has 1 rings (SSSR count). The van der Waals surface area contributed by atoms with Crippen LogP contribution in [-0.4, -0.2) is 17.6 Å². The minimum Gasteiger partial charge on any atom is -0.466 e. The van der Waals surface area contributed by atoms with Crippen molar-refractivity contribution in [1.29, 1.82) is 0 Å². The summed E-state index contributed by atoms with van der Waals surface area (Å²) in [7, 11) is 0. The van der Waals surface area contributed by atoms with Gasteiger partial charge >= 0.3 is 5.97 Å². The number of rotatable bonds is 4. The molecule has 0 spiro atoms. The lowest BCUT2D eigenvalue weighted by molar-refractivity contribution is -0.143. The minimum atomic E-state index is -0.286. The summed E-state index contributed by atoms with van der Waals surface area (Å²) in [5.74, 6) is -0.261. The maximum atomic E-state index is 11.0. The van der Waals surface area contributed by atoms with Crippen LogP contribution in [0.15, 0.2) is 11.7 Å². The molecule has 0 saturated carbocycles. The summed E-state index contributed by atoms with van der Waals surface area (Å²) in [6, 6.07) is -0.286. The Kier molecular flexibility index (Phi) is 3.85. The van der Waals surface area contributed by atoms with E-state index in [4.69, 9.17) is 10.5 Å². The van der Waals surface area contributed by atoms with Gasteiger partial charge < -0.3 is 10.5 Å². The predicted octanol–water partition coefficient (Wildman–Crippen LogP) is 1.10. The van der Waals surface area contributed by atoms with E-state index in [0.717, 1.165) is 4.88 Å². The zero-order valence-electron chi connectivity index (χ0n) is 7.40. The van der Waals surface area contributed by atoms with Crippen molar-refractivity contribution in [1.82, 2.24) is 4.98 Å². The summed E-state index contributed by atoms with van der Waals surface area (Å²) >= 11 is 1.45. The van der Waals surface area contributed by atoms with Crippen LogP contribution >= 0.6 is 11.3 Å². The maximum absolute atomic E-state index is 11.0. The van der Waals surface area contributed by atoms with Crippen LogP contribution in [0.25, 0.3) is 0 Å². The highest BCUT2D eigenvalue weighted by molar-refractivity contribution is 7.09. The number of carbonyl (C=O) groups is 1. The van der Waals surface area contributed by atoms with Gasteiger partial charge in [-0.05, 0) is 6.92 Å². The molecule has 1 heterocycles. The van der Waals surface area contributed by atoms with E-state index >= 15 is 0 Å². The molecular weight excluding hydrogens is 188 g/mol. The molecule has 72 valence electrons. The first-order valence-corrected chi connectivity index (χ1v) is 4.91. The Hall–Kier alpha value is -0.940. The fourth-order valence-corrected chi connectivity index (χ4v) is 1.53. The maximum Gasteiger partial charge on any atom is 0.307 e. The number of hydrogen-bond acceptors (Lipinski definition) is 5. The summed E-state index contributed by atoms with van der Waals surface area (Å²) in [5, 5.41) is 0. The zero-order chi connectivity index (χ0) is 9.68. The normalized spacial score (nSPS) is 12.5. The lowest BCUT2D eigenvalue weighted by Gasteiger charge is -2.07. The second-order valence-corrected chi connectivity index (χ2v) is 3.44. The molecular formula is C8H12N2O2S. The Morgan fingerprint density at radius 1 is 1.85 bits per heavy atom. The SMILES string of the molecule is CCOC(=O)C[C@@H](N)c1cncs1. The number of ether oxygens (including phenoxy) is 1. The summed E-state index contributed by atoms with van der Waals surface area (Å²) < 4.78 is 4.78. The Bertz CT molecular complexity index is 261. The van der Waals surface area contributed by atoms with Gasteiger partial charge in [0.15, 0.2) is 0 Å². The van der Waals surface area contributed by atoms with Gasteiger partial charge in [0, 0.05) is 11.1 Å². The third-order valence-electron chi connectivity index (χ3n) is 1.51. The highest BCUT2D eigenvalue weighted by Gasteiger charge is 2.13. The van der Waals surface area contributed by atoms with Crippen molar-refractivity contribution >= 4 is 17.3 Å². The van der Waals surface area contributed by atoms with Crippen LogP contribution in [0.4, 0.5) is 0 Å². The first kappa shape index (κ1) is 10.1. The first-order valence-electron chi connectivity index (χ1n) is 4.03. The van der Waals surface area contributed by atoms with Gasteiger partial charge in [-0.25, -0.2) is 0 Å². The Labute approximate surface area is 80.7 Å². The quantitative estimate of drug-likeness (QED) is 0.739. The molecule has 0 aliphatic carbocycles. The van der Waals surface area contributed by atoms with Crippen LogP contribution in [0, 0.1) is 0 Å². The standard InChI is InChI=1S/C8H12N2O2S/c1-2-12-8(11)3-6(9)7-4-10-5-13-7/h4-6H,2-3,9H2,1H3/t6-/m1/s1. The molecule has 0 saturated heterocycles. The molecule has 0 amide bonds. The number of nitrogens with two attached hydrogens (primary N) is 1. The molecule has 0 bridgehead atoms. The number of hydrogen-bond donors (Lipinski definition) is 1. The lowest BCUT2D eigenvalue weighted by atomic mass is 10.2. The highest BCUT2D eigenvalue weighted by atomic mass is 32.1. The van der Waals surface area contributed by atoms with E-state index < -0.39 is 0 Å². The molecule has 0 unspecified atom stereocenters. The summed E-state index contributed by atoms with van der Waals surface area (Å²) in [6.07, 6.45) is 1.89. The molecule has 1 aromatic rings. The van der Waals surface area contributed by atoms with Gasteiger partial charge in [-0.3, -0.25) is 9.78 Å². The topological polar surface area (TPSA) is 65.2 Å². The molecule has 0 fully saturated rings. The second kappa shape index (κ2) is 4.94. The van der Waals surface area contributed by atoms with Gasteiger partial charge in [0.1, 0.15) is 0 Å². The van der Waals surface area contributed by atoms with Gasteiger partial charge in [-0.1, -0.05) is 0 Å². The van der Waals surface area contributed by atoms with Gasteiger partial charge in [-0.15, -0.1) is 11.3 Å². The molecule has 0 aliphatic heterocycles. The van der Waals surface area contributed by atoms with Gasteiger partial charge in [0.25, 0.3) is 0 Å². The van der Waals surface area contributed by atoms with E-state index in [1.54, 1.807) is 18.6 Å². The molecule has 1 atom stereocenters. The van der Waals surface area contributed by atoms with Crippen LogP contribution in [0.3, 0.4) is 0 Å². The van der Waals surface area contributed by atoms with Crippen LogP contribution in [-0.2, 0) is 9.53 Å². The van der Waals surface area contributed by atoms with Crippen molar-refractivity contribution in [3.05, 3.63) is 16.6 Å². The lowest BCUT2D eigenvalue weighted by Crippen LogP contribution is -2.16. The Morgan fingerprint density at radius 3 is 3.15 bits per heavy atom. The molecule has 0 radical (unpaired) electrons. The zero-order valence-corrected chi connectivity index (χ0v) is 8.21. The Balaban J connectivity index is 2.42. The number of thiazole rings is 1. The van der Waals surface area contributed by atoms with E-state index in [9.17, 15) is 4.79 Å². The van der Waals surface area contributed by atoms with Gasteiger partial charge in [0.05, 0.1) is 24.6 Å². The third kappa shape index (κ3) is 3.12. The minimum absolute atomic E-state index is 0.218. The average molecular weight is 200 g/mol. The number of nitrogens with zero attached hydrogens (tertiary/aromatic N) is 1. The number of esters is 1. The molecule has 1 aromatic heterocycles. The van der Waals surface area contributed by atoms with Gasteiger partial charge in [-0.2, -0.15) is 0 Å². The molecule has 5 heteroatoms. The number of carbonyl (C=O) groups excluding carboxylic acids is 1. The average Bonchev–Trinajstić information content (AvgIpc) is 2.55. The summed E-state index contributed by atoms with van der Waals surface area (Å²) in [4.78, 5) is 15.8. The van der Waals surface area contributed by atoms with Gasteiger partial charge in [0.2, 0.25) is 0 Å². The van der Waals surface area contributed by atoms with Crippen molar-refractivity contribution in [3.8, 4) is 0 Å². The van der Waals surface area contributed by atoms with Crippen LogP contribution < -0.4 is 5.73 Å². The molecule has 4 nitrogen and oxygen atoms in total. The largest absolute Gasteiger partial charge is 0.466 e. The molecule has 2 N–H and O–H groups in total. The fraction of sp³-hybridized carbons (Fsp3) is 0.500. The van der Waals surface area contributed by atoms with Crippen molar-refractivity contribution in [2.45, 2.75) is 19.4 Å². The smallest absolute Gasteiger partial charge is 0.307 e. The second-order valence-electron chi connectivity index (χ2n) is 2.52. The third-order valence-corrected chi connectivity index (χ3v) is 2.42. The van der Waals surface area contributed by atoms with E-state index in [-0.39, 0.29) is 18.4 Å². The van der Waals surface area contributed by atoms with Crippen molar-refractivity contribution in [3.63, 3.8) is 0 Å². The van der Waals surface area contributed by atoms with E-state index in [0.29, 0.717) is 6.61 Å². The summed E-state index contributed by atoms with van der Waals surface area (Å²) in [6.45, 7) is 2.17. The van der Waals surface area contributed by atoms with Crippen molar-refractivity contribution in [2.75, 3.05) is 6.61 Å². The fourth-order valence-electron chi connectivity index (χ4n) is 0.909. The first-order chi connectivity index (χ1) is 6.24. The molecule has 13 heavy (non-hydrogen) atoms. The van der Waals surface area contributed by atoms with Crippen molar-refractivity contribution in [2.24, 2.45) is 5.73 Å². The molecule has 0 aromatic carbocycles. The van der Waals surface area contributed by atoms with Crippen LogP contribution in [0.2, 0.25) is 0 Å². The van der Waals surface area contributed by atoms with E-state index in [2.05, 4.69) is 4.98 Å². The van der Waals surface area contributed by atoms with Crippen LogP contribution in [0.5, 0.6) is 0 Å². The van der Waals surface area contributed by atoms with E-state index in [1.165, 1.54) is 11.3 Å². The molecule has 0 aliphatic rings. The Morgan fingerprint density at radius 2 is 2.62 bits per heavy atom. The highest BCUT2D eigenvalue weighted by Crippen LogP contribution is 2.17. The monoisotopic (exact) mass is 200 g/mol. The van der Waals surface area contributed by atoms with E-state index in [1.807, 2.05) is 0 Å². The summed E-state index contributed by atoms with van der Waals surface area (Å²) in [5.41, 5.74) is 7.44. The predicted molar refractivity (Wildman–Crippen MR) is 50.3 cm³/mol. The van der Waals surface area contributed by atoms with Crippen molar-refractivity contribution < 1.29 is 9.53 Å². The van der Waals surface area contributed by atoms with Crippen LogP contribution in [0.1, 0.15) is 24.3 Å².